The monoisotopic (exact) mass is 270 g/mol. The van der Waals surface area contributed by atoms with E-state index in [0.29, 0.717) is 30.8 Å². The summed E-state index contributed by atoms with van der Waals surface area (Å²) in [7, 11) is 0. The van der Waals surface area contributed by atoms with Crippen LogP contribution in [0.5, 0.6) is 0 Å². The van der Waals surface area contributed by atoms with Crippen LogP contribution in [0.4, 0.5) is 0 Å². The Hall–Kier alpha value is -0.160. The summed E-state index contributed by atoms with van der Waals surface area (Å²) < 4.78 is 0. The van der Waals surface area contributed by atoms with Crippen LogP contribution in [0.25, 0.3) is 0 Å². The summed E-state index contributed by atoms with van der Waals surface area (Å²) in [5, 5.41) is 19.6. The van der Waals surface area contributed by atoms with E-state index in [1.54, 1.807) is 0 Å². The van der Waals surface area contributed by atoms with Crippen LogP contribution in [0, 0.1) is 23.7 Å². The van der Waals surface area contributed by atoms with Crippen molar-refractivity contribution in [1.29, 1.82) is 0 Å². The van der Waals surface area contributed by atoms with Gasteiger partial charge >= 0.3 is 0 Å². The normalized spacial score (nSPS) is 48.2. The molecule has 4 unspecified atom stereocenters. The van der Waals surface area contributed by atoms with Gasteiger partial charge in [-0.05, 0) is 49.9 Å². The third-order valence-corrected chi connectivity index (χ3v) is 5.47. The second-order valence-electron chi connectivity index (χ2n) is 6.96. The number of aliphatic hydroxyl groups is 2. The fourth-order valence-corrected chi connectivity index (χ4v) is 4.08. The minimum absolute atomic E-state index is 0.0282. The van der Waals surface area contributed by atoms with Crippen molar-refractivity contribution in [2.24, 2.45) is 35.1 Å². The molecule has 4 heteroatoms. The van der Waals surface area contributed by atoms with Gasteiger partial charge in [-0.2, -0.15) is 0 Å². The Labute approximate surface area is 116 Å². The minimum atomic E-state index is -0.347. The van der Waals surface area contributed by atoms with Gasteiger partial charge in [0.25, 0.3) is 0 Å². The van der Waals surface area contributed by atoms with Gasteiger partial charge in [-0.3, -0.25) is 0 Å². The fourth-order valence-electron chi connectivity index (χ4n) is 4.08. The van der Waals surface area contributed by atoms with E-state index in [1.165, 1.54) is 6.42 Å². The molecule has 2 aliphatic rings. The van der Waals surface area contributed by atoms with Gasteiger partial charge in [-0.25, -0.2) is 0 Å². The van der Waals surface area contributed by atoms with Gasteiger partial charge in [-0.1, -0.05) is 13.3 Å². The Morgan fingerprint density at radius 2 is 1.84 bits per heavy atom. The third-order valence-electron chi connectivity index (χ3n) is 5.47. The first-order valence-electron chi connectivity index (χ1n) is 7.81. The highest BCUT2D eigenvalue weighted by atomic mass is 16.3. The maximum atomic E-state index is 10.2. The number of aliphatic hydroxyl groups excluding tert-OH is 2. The van der Waals surface area contributed by atoms with Gasteiger partial charge in [0.15, 0.2) is 0 Å². The topological polar surface area (TPSA) is 92.5 Å². The molecule has 0 radical (unpaired) electrons. The first-order chi connectivity index (χ1) is 9.01. The zero-order valence-corrected chi connectivity index (χ0v) is 12.0. The van der Waals surface area contributed by atoms with E-state index >= 15 is 0 Å². The van der Waals surface area contributed by atoms with Crippen LogP contribution in [0.1, 0.15) is 45.4 Å². The Morgan fingerprint density at radius 3 is 2.47 bits per heavy atom. The molecule has 2 fully saturated rings. The summed E-state index contributed by atoms with van der Waals surface area (Å²) in [5.74, 6) is 1.90. The van der Waals surface area contributed by atoms with Crippen molar-refractivity contribution in [3.63, 3.8) is 0 Å². The summed E-state index contributed by atoms with van der Waals surface area (Å²) in [6.07, 6.45) is 5.56. The maximum absolute atomic E-state index is 10.2. The molecule has 0 aromatic rings. The van der Waals surface area contributed by atoms with Crippen molar-refractivity contribution in [2.75, 3.05) is 6.61 Å². The third kappa shape index (κ3) is 3.69. The largest absolute Gasteiger partial charge is 0.396 e. The molecular formula is C15H30N2O2. The minimum Gasteiger partial charge on any atom is -0.396 e. The molecule has 0 heterocycles. The Bertz CT molecular complexity index is 275. The standard InChI is InChI=1S/C15H30N2O2/c1-9-2-3-10(8-18)4-11(9)5-13-14(17)6-12(16)7-15(13)19/h9-15,18-19H,2-8,16-17H2,1H3/t9-,10?,11-,12?,13-,14?,15?/m1/s1. The molecule has 0 saturated heterocycles. The predicted molar refractivity (Wildman–Crippen MR) is 76.4 cm³/mol. The van der Waals surface area contributed by atoms with E-state index in [2.05, 4.69) is 6.92 Å². The number of hydrogen-bond acceptors (Lipinski definition) is 4. The second-order valence-corrected chi connectivity index (χ2v) is 6.96. The Kier molecular flexibility index (Phi) is 5.23. The fraction of sp³-hybridized carbons (Fsp3) is 1.00. The average molecular weight is 270 g/mol. The second kappa shape index (κ2) is 6.53. The molecule has 6 N–H and O–H groups in total. The highest BCUT2D eigenvalue weighted by Gasteiger charge is 2.37. The number of hydrogen-bond donors (Lipinski definition) is 4. The lowest BCUT2D eigenvalue weighted by atomic mass is 9.68. The molecule has 0 aliphatic heterocycles. The van der Waals surface area contributed by atoms with E-state index in [0.717, 1.165) is 25.7 Å². The van der Waals surface area contributed by atoms with Crippen LogP contribution < -0.4 is 11.5 Å². The number of nitrogens with two attached hydrogens (primary N) is 2. The highest BCUT2D eigenvalue weighted by Crippen LogP contribution is 2.39. The van der Waals surface area contributed by atoms with Crippen molar-refractivity contribution in [3.05, 3.63) is 0 Å². The molecule has 2 saturated carbocycles. The molecule has 112 valence electrons. The van der Waals surface area contributed by atoms with Crippen molar-refractivity contribution < 1.29 is 10.2 Å². The van der Waals surface area contributed by atoms with Gasteiger partial charge in [0.05, 0.1) is 6.10 Å². The van der Waals surface area contributed by atoms with Gasteiger partial charge in [0.2, 0.25) is 0 Å². The molecular weight excluding hydrogens is 240 g/mol. The lowest BCUT2D eigenvalue weighted by Gasteiger charge is -2.41. The van der Waals surface area contributed by atoms with Crippen LogP contribution in [0.3, 0.4) is 0 Å². The first kappa shape index (κ1) is 15.2. The Balaban J connectivity index is 1.94. The molecule has 0 bridgehead atoms. The van der Waals surface area contributed by atoms with E-state index in [1.807, 2.05) is 0 Å². The quantitative estimate of drug-likeness (QED) is 0.611. The molecule has 7 atom stereocenters. The molecule has 0 aromatic heterocycles. The molecule has 4 nitrogen and oxygen atoms in total. The lowest BCUT2D eigenvalue weighted by molar-refractivity contribution is 0.0188. The van der Waals surface area contributed by atoms with Gasteiger partial charge in [-0.15, -0.1) is 0 Å². The average Bonchev–Trinajstić information content (AvgIpc) is 2.35. The number of rotatable bonds is 3. The van der Waals surface area contributed by atoms with Crippen molar-refractivity contribution in [3.8, 4) is 0 Å². The van der Waals surface area contributed by atoms with Gasteiger partial charge in [0.1, 0.15) is 0 Å². The van der Waals surface area contributed by atoms with Crippen LogP contribution in [-0.2, 0) is 0 Å². The SMILES string of the molecule is C[C@@H]1CCC(CO)C[C@@H]1C[C@@H]1C(N)CC(N)CC1O. The van der Waals surface area contributed by atoms with E-state index in [4.69, 9.17) is 11.5 Å². The summed E-state index contributed by atoms with van der Waals surface area (Å²) in [4.78, 5) is 0. The molecule has 19 heavy (non-hydrogen) atoms. The highest BCUT2D eigenvalue weighted by molar-refractivity contribution is 4.92. The summed E-state index contributed by atoms with van der Waals surface area (Å²) >= 11 is 0. The summed E-state index contributed by atoms with van der Waals surface area (Å²) in [6, 6.07) is 0.0793. The molecule has 2 rings (SSSR count). The first-order valence-corrected chi connectivity index (χ1v) is 7.81. The van der Waals surface area contributed by atoms with E-state index in [-0.39, 0.29) is 24.1 Å². The smallest absolute Gasteiger partial charge is 0.0598 e. The van der Waals surface area contributed by atoms with Crippen LogP contribution in [-0.4, -0.2) is 35.0 Å². The zero-order chi connectivity index (χ0) is 14.0. The lowest BCUT2D eigenvalue weighted by Crippen LogP contribution is -2.50. The summed E-state index contributed by atoms with van der Waals surface area (Å²) in [6.45, 7) is 2.60. The van der Waals surface area contributed by atoms with E-state index < -0.39 is 0 Å². The van der Waals surface area contributed by atoms with Gasteiger partial charge < -0.3 is 21.7 Å². The van der Waals surface area contributed by atoms with Gasteiger partial charge in [0, 0.05) is 24.6 Å². The van der Waals surface area contributed by atoms with Crippen LogP contribution in [0.15, 0.2) is 0 Å². The van der Waals surface area contributed by atoms with Crippen molar-refractivity contribution >= 4 is 0 Å². The van der Waals surface area contributed by atoms with Crippen molar-refractivity contribution in [1.82, 2.24) is 0 Å². The zero-order valence-electron chi connectivity index (χ0n) is 12.0. The molecule has 0 aromatic carbocycles. The van der Waals surface area contributed by atoms with Crippen molar-refractivity contribution in [2.45, 2.75) is 63.6 Å². The summed E-state index contributed by atoms with van der Waals surface area (Å²) in [5.41, 5.74) is 12.1. The predicted octanol–water partition coefficient (Wildman–Crippen LogP) is 0.847. The van der Waals surface area contributed by atoms with Crippen LogP contribution >= 0.6 is 0 Å². The molecule has 2 aliphatic carbocycles. The molecule has 0 spiro atoms. The molecule has 0 amide bonds. The van der Waals surface area contributed by atoms with Crippen LogP contribution in [0.2, 0.25) is 0 Å². The maximum Gasteiger partial charge on any atom is 0.0598 e. The van der Waals surface area contributed by atoms with E-state index in [9.17, 15) is 10.2 Å². The Morgan fingerprint density at radius 1 is 1.11 bits per heavy atom.